The standard InChI is InChI=1S/C32H38N4O3S/c1-23-9-12-29(13-10-23)40(38,39)36-30-14-11-25(24-15-17-35(18-16-24)28-7-5-4-6-8-28)19-26(30)20-31(36)32(37)27(21-33)22-34(2)3/h9-14,19-20,22,24,28H,4-8,15-18H2,1-3H3. The molecule has 0 N–H and O–H groups in total. The Morgan fingerprint density at radius 1 is 0.975 bits per heavy atom. The highest BCUT2D eigenvalue weighted by atomic mass is 32.2. The third-order valence-corrected chi connectivity index (χ3v) is 10.2. The largest absolute Gasteiger partial charge is 0.382 e. The summed E-state index contributed by atoms with van der Waals surface area (Å²) in [7, 11) is -0.669. The Bertz CT molecular complexity index is 1560. The van der Waals surface area contributed by atoms with Crippen molar-refractivity contribution in [1.82, 2.24) is 13.8 Å². The summed E-state index contributed by atoms with van der Waals surface area (Å²) in [6, 6.07) is 16.8. The minimum Gasteiger partial charge on any atom is -0.382 e. The van der Waals surface area contributed by atoms with Crippen LogP contribution in [-0.2, 0) is 10.0 Å². The Hall–Kier alpha value is -3.41. The second kappa shape index (κ2) is 11.6. The van der Waals surface area contributed by atoms with Crippen LogP contribution in [0.1, 0.15) is 72.5 Å². The van der Waals surface area contributed by atoms with Gasteiger partial charge in [0, 0.05) is 31.7 Å². The number of likely N-dealkylation sites (tertiary alicyclic amines) is 1. The van der Waals surface area contributed by atoms with Gasteiger partial charge in [0.1, 0.15) is 17.3 Å². The summed E-state index contributed by atoms with van der Waals surface area (Å²) in [6.07, 6.45) is 10.2. The van der Waals surface area contributed by atoms with Gasteiger partial charge < -0.3 is 9.80 Å². The van der Waals surface area contributed by atoms with Gasteiger partial charge in [0.25, 0.3) is 10.0 Å². The minimum atomic E-state index is -4.10. The fourth-order valence-electron chi connectivity index (χ4n) is 6.27. The van der Waals surface area contributed by atoms with Crippen molar-refractivity contribution in [1.29, 1.82) is 5.26 Å². The van der Waals surface area contributed by atoms with E-state index in [9.17, 15) is 18.5 Å². The monoisotopic (exact) mass is 558 g/mol. The maximum Gasteiger partial charge on any atom is 0.268 e. The molecule has 2 aromatic carbocycles. The first-order valence-corrected chi connectivity index (χ1v) is 15.7. The molecule has 1 saturated heterocycles. The first-order chi connectivity index (χ1) is 19.2. The van der Waals surface area contributed by atoms with E-state index in [0.717, 1.165) is 41.5 Å². The smallest absolute Gasteiger partial charge is 0.268 e. The third kappa shape index (κ3) is 5.59. The average molecular weight is 559 g/mol. The predicted molar refractivity (Wildman–Crippen MR) is 158 cm³/mol. The molecular formula is C32H38N4O3S. The minimum absolute atomic E-state index is 0.0329. The van der Waals surface area contributed by atoms with Crippen LogP contribution in [0.5, 0.6) is 0 Å². The molecule has 1 aliphatic carbocycles. The number of piperidine rings is 1. The summed E-state index contributed by atoms with van der Waals surface area (Å²) in [6.45, 7) is 4.06. The SMILES string of the molecule is Cc1ccc(S(=O)(=O)n2c(C(=O)C(C#N)=CN(C)C)cc3cc(C4CCN(C5CCCCC5)CC4)ccc32)cc1. The molecule has 1 saturated carbocycles. The number of hydrogen-bond donors (Lipinski definition) is 0. The number of carbonyl (C=O) groups excluding carboxylic acids is 1. The first kappa shape index (κ1) is 28.1. The van der Waals surface area contributed by atoms with Gasteiger partial charge in [-0.05, 0) is 87.5 Å². The number of benzene rings is 2. The van der Waals surface area contributed by atoms with Gasteiger partial charge >= 0.3 is 0 Å². The van der Waals surface area contributed by atoms with Crippen molar-refractivity contribution in [2.75, 3.05) is 27.2 Å². The van der Waals surface area contributed by atoms with E-state index in [4.69, 9.17) is 0 Å². The maximum absolute atomic E-state index is 13.9. The molecule has 3 aromatic rings. The zero-order chi connectivity index (χ0) is 28.4. The van der Waals surface area contributed by atoms with E-state index in [-0.39, 0.29) is 16.2 Å². The van der Waals surface area contributed by atoms with E-state index in [1.807, 2.05) is 31.2 Å². The van der Waals surface area contributed by atoms with Crippen LogP contribution in [0.25, 0.3) is 10.9 Å². The maximum atomic E-state index is 13.9. The van der Waals surface area contributed by atoms with Crippen molar-refractivity contribution in [3.8, 4) is 6.07 Å². The van der Waals surface area contributed by atoms with Crippen LogP contribution in [0.2, 0.25) is 0 Å². The number of aryl methyl sites for hydroxylation is 1. The second-order valence-corrected chi connectivity index (χ2v) is 13.3. The number of Topliss-reactive ketones (excluding diaryl/α,β-unsaturated/α-hetero) is 1. The van der Waals surface area contributed by atoms with E-state index in [0.29, 0.717) is 16.8 Å². The van der Waals surface area contributed by atoms with Gasteiger partial charge in [-0.25, -0.2) is 12.4 Å². The van der Waals surface area contributed by atoms with Crippen LogP contribution >= 0.6 is 0 Å². The van der Waals surface area contributed by atoms with Gasteiger partial charge in [-0.3, -0.25) is 4.79 Å². The molecule has 2 aliphatic rings. The topological polar surface area (TPSA) is 86.4 Å². The Morgan fingerprint density at radius 3 is 2.27 bits per heavy atom. The molecule has 0 atom stereocenters. The molecule has 0 bridgehead atoms. The van der Waals surface area contributed by atoms with Crippen LogP contribution in [0.4, 0.5) is 0 Å². The number of allylic oxidation sites excluding steroid dienone is 1. The average Bonchev–Trinajstić information content (AvgIpc) is 3.36. The molecule has 210 valence electrons. The number of fused-ring (bicyclic) bond motifs is 1. The lowest BCUT2D eigenvalue weighted by Crippen LogP contribution is -2.41. The normalized spacial score (nSPS) is 18.1. The molecule has 8 heteroatoms. The summed E-state index contributed by atoms with van der Waals surface area (Å²) >= 11 is 0. The molecular weight excluding hydrogens is 520 g/mol. The Labute approximate surface area is 237 Å². The van der Waals surface area contributed by atoms with Crippen molar-refractivity contribution < 1.29 is 13.2 Å². The summed E-state index contributed by atoms with van der Waals surface area (Å²) < 4.78 is 29.0. The summed E-state index contributed by atoms with van der Waals surface area (Å²) in [4.78, 5) is 18.0. The zero-order valence-electron chi connectivity index (χ0n) is 23.6. The van der Waals surface area contributed by atoms with Crippen molar-refractivity contribution >= 4 is 26.7 Å². The molecule has 0 unspecified atom stereocenters. The van der Waals surface area contributed by atoms with Crippen LogP contribution < -0.4 is 0 Å². The fourth-order valence-corrected chi connectivity index (χ4v) is 7.78. The molecule has 2 heterocycles. The first-order valence-electron chi connectivity index (χ1n) is 14.2. The Balaban J connectivity index is 1.53. The number of aromatic nitrogens is 1. The summed E-state index contributed by atoms with van der Waals surface area (Å²) in [5, 5.41) is 10.4. The van der Waals surface area contributed by atoms with E-state index in [1.165, 1.54) is 43.9 Å². The number of nitriles is 1. The highest BCUT2D eigenvalue weighted by molar-refractivity contribution is 7.90. The van der Waals surface area contributed by atoms with Crippen LogP contribution in [0.3, 0.4) is 0 Å². The van der Waals surface area contributed by atoms with E-state index >= 15 is 0 Å². The van der Waals surface area contributed by atoms with Gasteiger partial charge in [0.2, 0.25) is 5.78 Å². The number of nitrogens with zero attached hydrogens (tertiary/aromatic N) is 4. The lowest BCUT2D eigenvalue weighted by atomic mass is 9.86. The van der Waals surface area contributed by atoms with Crippen LogP contribution in [0, 0.1) is 18.3 Å². The molecule has 0 spiro atoms. The van der Waals surface area contributed by atoms with Crippen molar-refractivity contribution in [3.63, 3.8) is 0 Å². The van der Waals surface area contributed by atoms with Gasteiger partial charge in [0.05, 0.1) is 10.4 Å². The number of rotatable bonds is 7. The van der Waals surface area contributed by atoms with Crippen LogP contribution in [0.15, 0.2) is 65.2 Å². The summed E-state index contributed by atoms with van der Waals surface area (Å²) in [5.74, 6) is -0.228. The molecule has 1 aliphatic heterocycles. The van der Waals surface area contributed by atoms with E-state index in [1.54, 1.807) is 49.3 Å². The molecule has 7 nitrogen and oxygen atoms in total. The predicted octanol–water partition coefficient (Wildman–Crippen LogP) is 5.85. The second-order valence-electron chi connectivity index (χ2n) is 11.5. The lowest BCUT2D eigenvalue weighted by Gasteiger charge is -2.39. The van der Waals surface area contributed by atoms with Crippen molar-refractivity contribution in [2.24, 2.45) is 0 Å². The number of carbonyl (C=O) groups is 1. The molecule has 0 radical (unpaired) electrons. The Kier molecular flexibility index (Phi) is 8.16. The van der Waals surface area contributed by atoms with Gasteiger partial charge in [-0.2, -0.15) is 5.26 Å². The highest BCUT2D eigenvalue weighted by Gasteiger charge is 2.30. The molecule has 0 amide bonds. The molecule has 1 aromatic heterocycles. The molecule has 2 fully saturated rings. The summed E-state index contributed by atoms with van der Waals surface area (Å²) in [5.41, 5.74) is 2.39. The zero-order valence-corrected chi connectivity index (χ0v) is 24.5. The lowest BCUT2D eigenvalue weighted by molar-refractivity contribution is 0.103. The van der Waals surface area contributed by atoms with Gasteiger partial charge in [0.15, 0.2) is 0 Å². The van der Waals surface area contributed by atoms with E-state index in [2.05, 4.69) is 4.90 Å². The quantitative estimate of drug-likeness (QED) is 0.205. The number of hydrogen-bond acceptors (Lipinski definition) is 6. The van der Waals surface area contributed by atoms with Gasteiger partial charge in [-0.1, -0.05) is 43.0 Å². The highest BCUT2D eigenvalue weighted by Crippen LogP contribution is 2.35. The fraction of sp³-hybridized carbons (Fsp3) is 0.438. The Morgan fingerprint density at radius 2 is 1.65 bits per heavy atom. The van der Waals surface area contributed by atoms with Crippen molar-refractivity contribution in [2.45, 2.75) is 68.7 Å². The third-order valence-electron chi connectivity index (χ3n) is 8.42. The van der Waals surface area contributed by atoms with E-state index < -0.39 is 15.8 Å². The molecule has 40 heavy (non-hydrogen) atoms. The number of ketones is 1. The van der Waals surface area contributed by atoms with Gasteiger partial charge in [-0.15, -0.1) is 0 Å². The van der Waals surface area contributed by atoms with Crippen LogP contribution in [-0.4, -0.2) is 61.2 Å². The molecule has 5 rings (SSSR count). The van der Waals surface area contributed by atoms with Crippen molar-refractivity contribution in [3.05, 3.63) is 77.1 Å².